The maximum Gasteiger partial charge on any atom is 0.146 e. The van der Waals surface area contributed by atoms with Crippen LogP contribution in [0, 0.1) is 5.92 Å². The van der Waals surface area contributed by atoms with Gasteiger partial charge in [0.25, 0.3) is 0 Å². The van der Waals surface area contributed by atoms with Gasteiger partial charge in [0.2, 0.25) is 0 Å². The molecule has 7 heteroatoms. The van der Waals surface area contributed by atoms with E-state index in [1.54, 1.807) is 11.3 Å². The highest BCUT2D eigenvalue weighted by atomic mass is 32.1. The molecule has 5 rings (SSSR count). The molecule has 0 amide bonds. The average molecular weight is 425 g/mol. The summed E-state index contributed by atoms with van der Waals surface area (Å²) in [6.07, 6.45) is 0.640. The Kier molecular flexibility index (Phi) is 5.69. The Labute approximate surface area is 181 Å². The monoisotopic (exact) mass is 424 g/mol. The number of aliphatic hydroxyl groups is 1. The number of nitrogens with zero attached hydrogens (tertiary/aromatic N) is 4. The van der Waals surface area contributed by atoms with Crippen LogP contribution >= 0.6 is 11.3 Å². The number of benzene rings is 1. The molecule has 30 heavy (non-hydrogen) atoms. The number of β-amino-alcohol motifs (C(OH)–C–C–N with tert-alkyl or cyclic N) is 1. The van der Waals surface area contributed by atoms with Crippen LogP contribution in [0.2, 0.25) is 0 Å². The first-order valence-corrected chi connectivity index (χ1v) is 11.6. The first-order valence-electron chi connectivity index (χ1n) is 10.8. The first kappa shape index (κ1) is 19.9. The molecule has 2 saturated heterocycles. The van der Waals surface area contributed by atoms with Gasteiger partial charge in [0, 0.05) is 37.1 Å². The van der Waals surface area contributed by atoms with E-state index in [-0.39, 0.29) is 6.10 Å². The molecule has 0 bridgehead atoms. The highest BCUT2D eigenvalue weighted by Gasteiger charge is 2.28. The van der Waals surface area contributed by atoms with E-state index in [1.807, 2.05) is 6.07 Å². The second kappa shape index (κ2) is 8.59. The van der Waals surface area contributed by atoms with Crippen LogP contribution in [0.4, 0.5) is 5.82 Å². The zero-order chi connectivity index (χ0) is 20.5. The van der Waals surface area contributed by atoms with Crippen molar-refractivity contribution in [3.63, 3.8) is 0 Å². The number of ether oxygens (including phenoxy) is 1. The molecule has 2 unspecified atom stereocenters. The molecule has 2 aliphatic heterocycles. The summed E-state index contributed by atoms with van der Waals surface area (Å²) in [7, 11) is 0. The Morgan fingerprint density at radius 2 is 1.93 bits per heavy atom. The molecule has 4 heterocycles. The van der Waals surface area contributed by atoms with Crippen molar-refractivity contribution in [3.05, 3.63) is 41.5 Å². The second-order valence-corrected chi connectivity index (χ2v) is 9.18. The van der Waals surface area contributed by atoms with Crippen LogP contribution in [0.3, 0.4) is 0 Å². The quantitative estimate of drug-likeness (QED) is 0.693. The molecule has 2 aromatic heterocycles. The number of anilines is 1. The van der Waals surface area contributed by atoms with Gasteiger partial charge in [0.05, 0.1) is 31.2 Å². The van der Waals surface area contributed by atoms with Gasteiger partial charge in [0.15, 0.2) is 0 Å². The molecule has 2 atom stereocenters. The van der Waals surface area contributed by atoms with E-state index in [2.05, 4.69) is 46.4 Å². The predicted octanol–water partition coefficient (Wildman–Crippen LogP) is 3.40. The van der Waals surface area contributed by atoms with Crippen molar-refractivity contribution >= 4 is 27.4 Å². The average Bonchev–Trinajstić information content (AvgIpc) is 3.20. The normalized spacial score (nSPS) is 23.2. The van der Waals surface area contributed by atoms with E-state index < -0.39 is 0 Å². The Bertz CT molecular complexity index is 1000. The maximum atomic E-state index is 10.5. The fourth-order valence-corrected chi connectivity index (χ4v) is 5.26. The maximum absolute atomic E-state index is 10.5. The van der Waals surface area contributed by atoms with Crippen LogP contribution in [0.1, 0.15) is 19.2 Å². The number of morpholine rings is 1. The lowest BCUT2D eigenvalue weighted by molar-refractivity contribution is 0.0331. The molecule has 0 spiro atoms. The molecule has 3 aromatic rings. The van der Waals surface area contributed by atoms with E-state index in [4.69, 9.17) is 14.7 Å². The minimum Gasteiger partial charge on any atom is -0.391 e. The summed E-state index contributed by atoms with van der Waals surface area (Å²) in [6.45, 7) is 7.75. The molecule has 2 aliphatic rings. The van der Waals surface area contributed by atoms with E-state index in [1.165, 1.54) is 11.1 Å². The molecule has 1 aromatic carbocycles. The standard InChI is InChI=1S/C23H28N4O2S/c1-16-7-8-27(13-19(16)28)22-21-18(17-5-3-2-4-6-17)15-30-23(21)25-20(24-22)14-26-9-11-29-12-10-26/h2-6,15-16,19,28H,7-14H2,1H3. The largest absolute Gasteiger partial charge is 0.391 e. The van der Waals surface area contributed by atoms with Gasteiger partial charge in [-0.25, -0.2) is 9.97 Å². The molecule has 2 fully saturated rings. The second-order valence-electron chi connectivity index (χ2n) is 8.33. The van der Waals surface area contributed by atoms with Crippen molar-refractivity contribution in [3.8, 4) is 11.1 Å². The van der Waals surface area contributed by atoms with Crippen molar-refractivity contribution in [2.24, 2.45) is 5.92 Å². The zero-order valence-corrected chi connectivity index (χ0v) is 18.1. The third-order valence-corrected chi connectivity index (χ3v) is 7.10. The number of hydrogen-bond donors (Lipinski definition) is 1. The van der Waals surface area contributed by atoms with Gasteiger partial charge in [-0.15, -0.1) is 11.3 Å². The lowest BCUT2D eigenvalue weighted by Crippen LogP contribution is -2.43. The van der Waals surface area contributed by atoms with Gasteiger partial charge in [-0.3, -0.25) is 4.90 Å². The Hall–Kier alpha value is -2.06. The number of fused-ring (bicyclic) bond motifs is 1. The van der Waals surface area contributed by atoms with Crippen LogP contribution in [-0.4, -0.2) is 65.5 Å². The van der Waals surface area contributed by atoms with Crippen LogP contribution in [0.5, 0.6) is 0 Å². The summed E-state index contributed by atoms with van der Waals surface area (Å²) in [5.41, 5.74) is 2.36. The van der Waals surface area contributed by atoms with Crippen LogP contribution < -0.4 is 4.90 Å². The van der Waals surface area contributed by atoms with Crippen molar-refractivity contribution in [2.45, 2.75) is 26.0 Å². The van der Waals surface area contributed by atoms with E-state index in [9.17, 15) is 5.11 Å². The topological polar surface area (TPSA) is 61.7 Å². The molecular formula is C23H28N4O2S. The minimum absolute atomic E-state index is 0.322. The van der Waals surface area contributed by atoms with Crippen LogP contribution in [-0.2, 0) is 11.3 Å². The van der Waals surface area contributed by atoms with Gasteiger partial charge in [-0.1, -0.05) is 37.3 Å². The summed E-state index contributed by atoms with van der Waals surface area (Å²) in [5, 5.41) is 13.8. The highest BCUT2D eigenvalue weighted by molar-refractivity contribution is 7.17. The summed E-state index contributed by atoms with van der Waals surface area (Å²) < 4.78 is 5.48. The van der Waals surface area contributed by atoms with Gasteiger partial charge in [-0.2, -0.15) is 0 Å². The van der Waals surface area contributed by atoms with Gasteiger partial charge >= 0.3 is 0 Å². The first-order chi connectivity index (χ1) is 14.7. The Morgan fingerprint density at radius 3 is 2.70 bits per heavy atom. The molecule has 6 nitrogen and oxygen atoms in total. The predicted molar refractivity (Wildman–Crippen MR) is 121 cm³/mol. The summed E-state index contributed by atoms with van der Waals surface area (Å²) in [4.78, 5) is 15.6. The number of thiophene rings is 1. The molecule has 1 N–H and O–H groups in total. The third kappa shape index (κ3) is 3.95. The number of hydrogen-bond acceptors (Lipinski definition) is 7. The summed E-state index contributed by atoms with van der Waals surface area (Å²) >= 11 is 1.68. The van der Waals surface area contributed by atoms with Crippen molar-refractivity contribution in [2.75, 3.05) is 44.3 Å². The number of rotatable bonds is 4. The number of piperidine rings is 1. The third-order valence-electron chi connectivity index (χ3n) is 6.23. The van der Waals surface area contributed by atoms with E-state index in [0.717, 1.165) is 67.7 Å². The summed E-state index contributed by atoms with van der Waals surface area (Å²) in [6, 6.07) is 10.5. The fraction of sp³-hybridized carbons (Fsp3) is 0.478. The molecular weight excluding hydrogens is 396 g/mol. The summed E-state index contributed by atoms with van der Waals surface area (Å²) in [5.74, 6) is 2.14. The van der Waals surface area contributed by atoms with Gasteiger partial charge < -0.3 is 14.7 Å². The molecule has 158 valence electrons. The Balaban J connectivity index is 1.58. The smallest absolute Gasteiger partial charge is 0.146 e. The van der Waals surface area contributed by atoms with Crippen molar-refractivity contribution < 1.29 is 9.84 Å². The lowest BCUT2D eigenvalue weighted by atomic mass is 9.95. The SMILES string of the molecule is CC1CCN(c2nc(CN3CCOCC3)nc3scc(-c4ccccc4)c23)CC1O. The lowest BCUT2D eigenvalue weighted by Gasteiger charge is -2.35. The highest BCUT2D eigenvalue weighted by Crippen LogP contribution is 2.39. The fourth-order valence-electron chi connectivity index (χ4n) is 4.30. The number of aliphatic hydroxyl groups excluding tert-OH is 1. The van der Waals surface area contributed by atoms with Crippen molar-refractivity contribution in [1.82, 2.24) is 14.9 Å². The van der Waals surface area contributed by atoms with Gasteiger partial charge in [-0.05, 0) is 17.9 Å². The number of aromatic nitrogens is 2. The molecule has 0 aliphatic carbocycles. The van der Waals surface area contributed by atoms with Crippen molar-refractivity contribution in [1.29, 1.82) is 0 Å². The minimum atomic E-state index is -0.328. The van der Waals surface area contributed by atoms with Crippen LogP contribution in [0.25, 0.3) is 21.3 Å². The van der Waals surface area contributed by atoms with Gasteiger partial charge in [0.1, 0.15) is 16.5 Å². The van der Waals surface area contributed by atoms with Crippen LogP contribution in [0.15, 0.2) is 35.7 Å². The molecule has 0 radical (unpaired) electrons. The zero-order valence-electron chi connectivity index (χ0n) is 17.3. The van der Waals surface area contributed by atoms with E-state index >= 15 is 0 Å². The van der Waals surface area contributed by atoms with E-state index in [0.29, 0.717) is 12.5 Å². The Morgan fingerprint density at radius 1 is 1.13 bits per heavy atom. The molecule has 0 saturated carbocycles.